The van der Waals surface area contributed by atoms with Crippen molar-refractivity contribution in [2.75, 3.05) is 13.2 Å². The Bertz CT molecular complexity index is 1180. The number of rotatable bonds is 4. The van der Waals surface area contributed by atoms with Gasteiger partial charge < -0.3 is 25.0 Å². The van der Waals surface area contributed by atoms with Gasteiger partial charge in [0.1, 0.15) is 5.75 Å². The minimum atomic E-state index is -1.13. The van der Waals surface area contributed by atoms with Crippen LogP contribution in [-0.4, -0.2) is 40.8 Å². The Hall–Kier alpha value is -2.68. The van der Waals surface area contributed by atoms with Gasteiger partial charge in [-0.05, 0) is 62.6 Å². The van der Waals surface area contributed by atoms with Crippen molar-refractivity contribution in [1.82, 2.24) is 5.32 Å². The van der Waals surface area contributed by atoms with Gasteiger partial charge in [-0.25, -0.2) is 4.79 Å². The molecule has 1 fully saturated rings. The van der Waals surface area contributed by atoms with Crippen molar-refractivity contribution >= 4 is 37.6 Å². The summed E-state index contributed by atoms with van der Waals surface area (Å²) < 4.78 is 13.0. The number of phenolic OH excluding ortho intramolecular Hbond substituents is 1. The second-order valence-corrected chi connectivity index (χ2v) is 9.21. The number of hydrogen-bond donors (Lipinski definition) is 3. The molecule has 8 heteroatoms. The lowest BCUT2D eigenvalue weighted by Gasteiger charge is -2.43. The Kier molecular flexibility index (Phi) is 5.17. The number of carboxylic acid groups (broad SMARTS) is 1. The van der Waals surface area contributed by atoms with Crippen LogP contribution in [0.1, 0.15) is 25.8 Å². The van der Waals surface area contributed by atoms with E-state index in [1.165, 1.54) is 17.4 Å². The van der Waals surface area contributed by atoms with E-state index in [0.717, 1.165) is 15.0 Å². The Morgan fingerprint density at radius 1 is 1.10 bits per heavy atom. The zero-order valence-corrected chi connectivity index (χ0v) is 17.5. The lowest BCUT2D eigenvalue weighted by atomic mass is 9.91. The first-order valence-corrected chi connectivity index (χ1v) is 10.5. The zero-order valence-electron chi connectivity index (χ0n) is 16.7. The van der Waals surface area contributed by atoms with Crippen LogP contribution >= 0.6 is 11.3 Å². The van der Waals surface area contributed by atoms with Gasteiger partial charge in [0.25, 0.3) is 0 Å². The number of aromatic hydroxyl groups is 1. The van der Waals surface area contributed by atoms with Crippen LogP contribution in [0, 0.1) is 0 Å². The van der Waals surface area contributed by atoms with E-state index in [2.05, 4.69) is 5.32 Å². The van der Waals surface area contributed by atoms with Gasteiger partial charge >= 0.3 is 6.09 Å². The topological polar surface area (TPSA) is 105 Å². The molecule has 4 rings (SSSR count). The summed E-state index contributed by atoms with van der Waals surface area (Å²) in [5.41, 5.74) is 0.00605. The van der Waals surface area contributed by atoms with Gasteiger partial charge in [-0.1, -0.05) is 6.07 Å². The van der Waals surface area contributed by atoms with Crippen LogP contribution in [-0.2, 0) is 15.9 Å². The fourth-order valence-electron chi connectivity index (χ4n) is 3.64. The van der Waals surface area contributed by atoms with Crippen molar-refractivity contribution in [1.29, 1.82) is 0 Å². The smallest absolute Gasteiger partial charge is 0.405 e. The molecule has 1 amide bonds. The summed E-state index contributed by atoms with van der Waals surface area (Å²) in [6.45, 7) is 4.01. The number of fused-ring (bicyclic) bond motifs is 2. The molecule has 158 valence electrons. The van der Waals surface area contributed by atoms with Crippen LogP contribution in [0.15, 0.2) is 41.2 Å². The molecule has 0 spiro atoms. The van der Waals surface area contributed by atoms with E-state index in [-0.39, 0.29) is 24.4 Å². The lowest BCUT2D eigenvalue weighted by Crippen LogP contribution is -2.61. The van der Waals surface area contributed by atoms with Gasteiger partial charge in [0.2, 0.25) is 0 Å². The second kappa shape index (κ2) is 7.54. The number of hydrogen-bond acceptors (Lipinski definition) is 6. The molecule has 0 aliphatic carbocycles. The summed E-state index contributed by atoms with van der Waals surface area (Å²) in [4.78, 5) is 24.3. The molecule has 0 unspecified atom stereocenters. The van der Waals surface area contributed by atoms with Gasteiger partial charge in [0.15, 0.2) is 11.2 Å². The maximum atomic E-state index is 12.9. The number of benzene rings is 2. The molecule has 2 aromatic carbocycles. The second-order valence-electron chi connectivity index (χ2n) is 8.13. The normalized spacial score (nSPS) is 17.8. The number of phenols is 1. The molecule has 1 aliphatic rings. The van der Waals surface area contributed by atoms with E-state index in [1.807, 2.05) is 18.2 Å². The van der Waals surface area contributed by atoms with Crippen molar-refractivity contribution in [3.63, 3.8) is 0 Å². The third kappa shape index (κ3) is 4.12. The monoisotopic (exact) mass is 429 g/mol. The predicted molar refractivity (Wildman–Crippen MR) is 115 cm³/mol. The molecule has 30 heavy (non-hydrogen) atoms. The van der Waals surface area contributed by atoms with E-state index in [0.29, 0.717) is 23.6 Å². The first kappa shape index (κ1) is 20.6. The molecular formula is C22H23NO6S. The van der Waals surface area contributed by atoms with Gasteiger partial charge in [-0.15, -0.1) is 11.3 Å². The molecule has 7 nitrogen and oxygen atoms in total. The van der Waals surface area contributed by atoms with Gasteiger partial charge in [-0.3, -0.25) is 4.79 Å². The van der Waals surface area contributed by atoms with Crippen LogP contribution in [0.25, 0.3) is 20.2 Å². The van der Waals surface area contributed by atoms with Crippen LogP contribution in [0.2, 0.25) is 0 Å². The summed E-state index contributed by atoms with van der Waals surface area (Å²) >= 11 is 1.45. The number of nitrogens with one attached hydrogen (secondary N) is 1. The Balaban J connectivity index is 1.62. The van der Waals surface area contributed by atoms with E-state index < -0.39 is 17.4 Å². The summed E-state index contributed by atoms with van der Waals surface area (Å²) in [6.07, 6.45) is -0.0973. The SMILES string of the molecule is CC1(C)OCC(CCc2ccc3sc4cc(O)ccc4c(=O)c3c2)(NC(=O)O)CO1. The van der Waals surface area contributed by atoms with Crippen molar-refractivity contribution < 1.29 is 24.5 Å². The zero-order chi connectivity index (χ0) is 21.5. The molecule has 1 aromatic heterocycles. The number of ether oxygens (including phenoxy) is 2. The highest BCUT2D eigenvalue weighted by atomic mass is 32.1. The highest BCUT2D eigenvalue weighted by molar-refractivity contribution is 7.24. The van der Waals surface area contributed by atoms with Crippen molar-refractivity contribution in [2.24, 2.45) is 0 Å². The average Bonchev–Trinajstić information content (AvgIpc) is 2.68. The highest BCUT2D eigenvalue weighted by Crippen LogP contribution is 2.30. The first-order valence-electron chi connectivity index (χ1n) is 9.64. The number of aryl methyl sites for hydroxylation is 1. The number of carbonyl (C=O) groups is 1. The molecule has 1 saturated heterocycles. The minimum Gasteiger partial charge on any atom is -0.508 e. The Morgan fingerprint density at radius 3 is 2.53 bits per heavy atom. The first-order chi connectivity index (χ1) is 14.2. The molecule has 0 bridgehead atoms. The largest absolute Gasteiger partial charge is 0.508 e. The molecule has 1 aliphatic heterocycles. The average molecular weight is 429 g/mol. The summed E-state index contributed by atoms with van der Waals surface area (Å²) in [7, 11) is 0. The third-order valence-electron chi connectivity index (χ3n) is 5.37. The molecule has 3 aromatic rings. The van der Waals surface area contributed by atoms with Crippen LogP contribution in [0.4, 0.5) is 4.79 Å². The quantitative estimate of drug-likeness (QED) is 0.544. The highest BCUT2D eigenvalue weighted by Gasteiger charge is 2.41. The fourth-order valence-corrected chi connectivity index (χ4v) is 4.73. The maximum absolute atomic E-state index is 12.9. The molecule has 0 saturated carbocycles. The maximum Gasteiger partial charge on any atom is 0.405 e. The van der Waals surface area contributed by atoms with E-state index in [4.69, 9.17) is 9.47 Å². The Morgan fingerprint density at radius 2 is 1.83 bits per heavy atom. The fraction of sp³-hybridized carbons (Fsp3) is 0.364. The Labute approximate surface area is 176 Å². The van der Waals surface area contributed by atoms with Gasteiger partial charge in [0.05, 0.1) is 18.8 Å². The third-order valence-corrected chi connectivity index (χ3v) is 6.51. The summed E-state index contributed by atoms with van der Waals surface area (Å²) in [6, 6.07) is 10.5. The van der Waals surface area contributed by atoms with E-state index >= 15 is 0 Å². The van der Waals surface area contributed by atoms with Crippen LogP contribution in [0.5, 0.6) is 5.75 Å². The van der Waals surface area contributed by atoms with Gasteiger partial charge in [-0.2, -0.15) is 0 Å². The summed E-state index contributed by atoms with van der Waals surface area (Å²) in [5, 5.41) is 22.7. The van der Waals surface area contributed by atoms with Gasteiger partial charge in [0, 0.05) is 20.2 Å². The van der Waals surface area contributed by atoms with Crippen molar-refractivity contribution in [3.8, 4) is 5.75 Å². The van der Waals surface area contributed by atoms with Crippen molar-refractivity contribution in [2.45, 2.75) is 38.0 Å². The predicted octanol–water partition coefficient (Wildman–Crippen LogP) is 3.84. The molecular weight excluding hydrogens is 406 g/mol. The molecule has 0 radical (unpaired) electrons. The summed E-state index contributed by atoms with van der Waals surface area (Å²) in [5.74, 6) is -0.619. The molecule has 3 N–H and O–H groups in total. The standard InChI is InChI=1S/C22H23NO6S/c1-21(2)28-11-22(12-29-21,23-20(26)27)8-7-13-3-6-17-16(9-13)19(25)15-5-4-14(24)10-18(15)30-17/h3-6,9-10,23-24H,7-8,11-12H2,1-2H3,(H,26,27). The molecule has 0 atom stereocenters. The minimum absolute atomic E-state index is 0.0787. The van der Waals surface area contributed by atoms with E-state index in [1.54, 1.807) is 26.0 Å². The number of amides is 1. The molecule has 2 heterocycles. The van der Waals surface area contributed by atoms with Crippen LogP contribution in [0.3, 0.4) is 0 Å². The lowest BCUT2D eigenvalue weighted by molar-refractivity contribution is -0.271. The van der Waals surface area contributed by atoms with E-state index in [9.17, 15) is 19.8 Å². The van der Waals surface area contributed by atoms with Crippen LogP contribution < -0.4 is 10.7 Å². The van der Waals surface area contributed by atoms with Crippen molar-refractivity contribution in [3.05, 3.63) is 52.2 Å².